The van der Waals surface area contributed by atoms with Gasteiger partial charge in [-0.05, 0) is 19.8 Å². The molecule has 2 rings (SSSR count). The monoisotopic (exact) mass is 194 g/mol. The predicted octanol–water partition coefficient (Wildman–Crippen LogP) is 1.51. The van der Waals surface area contributed by atoms with Gasteiger partial charge in [0.25, 0.3) is 0 Å². The van der Waals surface area contributed by atoms with Crippen LogP contribution >= 0.6 is 0 Å². The third-order valence-electron chi connectivity index (χ3n) is 3.02. The summed E-state index contributed by atoms with van der Waals surface area (Å²) >= 11 is 0. The highest BCUT2D eigenvalue weighted by Crippen LogP contribution is 2.28. The van der Waals surface area contributed by atoms with E-state index in [4.69, 9.17) is 5.84 Å². The second kappa shape index (κ2) is 4.11. The quantitative estimate of drug-likeness (QED) is 0.666. The number of H-pyrrole nitrogens is 1. The Bertz CT molecular complexity index is 294. The first-order valence-electron chi connectivity index (χ1n) is 5.30. The number of nitrogens with zero attached hydrogens (tertiary/aromatic N) is 2. The molecule has 1 aliphatic rings. The lowest BCUT2D eigenvalue weighted by atomic mass is 10.0. The van der Waals surface area contributed by atoms with E-state index in [9.17, 15) is 0 Å². The molecule has 0 radical (unpaired) electrons. The highest BCUT2D eigenvalue weighted by Gasteiger charge is 2.22. The molecule has 0 spiro atoms. The number of rotatable bonds is 1. The van der Waals surface area contributed by atoms with Gasteiger partial charge in [0.05, 0.1) is 12.2 Å². The fraction of sp³-hybridized carbons (Fsp3) is 0.700. The third-order valence-corrected chi connectivity index (χ3v) is 3.02. The van der Waals surface area contributed by atoms with Crippen molar-refractivity contribution in [3.05, 3.63) is 17.5 Å². The van der Waals surface area contributed by atoms with Crippen LogP contribution in [-0.4, -0.2) is 21.8 Å². The molecule has 1 aliphatic heterocycles. The lowest BCUT2D eigenvalue weighted by Gasteiger charge is -2.24. The summed E-state index contributed by atoms with van der Waals surface area (Å²) in [4.78, 5) is 0. The summed E-state index contributed by atoms with van der Waals surface area (Å²) in [6.45, 7) is 3.05. The maximum absolute atomic E-state index is 6.03. The number of hydrogen-bond acceptors (Lipinski definition) is 3. The smallest absolute Gasteiger partial charge is 0.0538 e. The van der Waals surface area contributed by atoms with Crippen LogP contribution in [0.25, 0.3) is 0 Å². The molecule has 1 saturated heterocycles. The second-order valence-corrected chi connectivity index (χ2v) is 4.05. The van der Waals surface area contributed by atoms with Crippen LogP contribution in [0.15, 0.2) is 6.20 Å². The van der Waals surface area contributed by atoms with Crippen LogP contribution in [0, 0.1) is 6.92 Å². The number of hydrogen-bond donors (Lipinski definition) is 2. The standard InChI is InChI=1S/C10H18N4/c1-8-9(7-12-13-8)10-5-3-2-4-6-14(10)11/h7,10H,2-6,11H2,1H3,(H,12,13). The van der Waals surface area contributed by atoms with Crippen LogP contribution in [0.2, 0.25) is 0 Å². The fourth-order valence-corrected chi connectivity index (χ4v) is 2.16. The van der Waals surface area contributed by atoms with Gasteiger partial charge in [0.1, 0.15) is 0 Å². The van der Waals surface area contributed by atoms with Crippen LogP contribution in [-0.2, 0) is 0 Å². The number of aromatic amines is 1. The van der Waals surface area contributed by atoms with Gasteiger partial charge in [-0.25, -0.2) is 5.01 Å². The Morgan fingerprint density at radius 2 is 2.36 bits per heavy atom. The SMILES string of the molecule is Cc1[nH]ncc1C1CCCCCN1N. The summed E-state index contributed by atoms with van der Waals surface area (Å²) in [5, 5.41) is 8.99. The van der Waals surface area contributed by atoms with Crippen LogP contribution in [0.5, 0.6) is 0 Å². The summed E-state index contributed by atoms with van der Waals surface area (Å²) in [6, 6.07) is 0.358. The molecule has 1 aromatic rings. The van der Waals surface area contributed by atoms with Gasteiger partial charge in [0, 0.05) is 17.8 Å². The molecular formula is C10H18N4. The van der Waals surface area contributed by atoms with Crippen LogP contribution in [0.3, 0.4) is 0 Å². The zero-order valence-electron chi connectivity index (χ0n) is 8.66. The van der Waals surface area contributed by atoms with E-state index in [2.05, 4.69) is 17.1 Å². The molecule has 1 unspecified atom stereocenters. The Hall–Kier alpha value is -0.870. The van der Waals surface area contributed by atoms with Gasteiger partial charge in [0.2, 0.25) is 0 Å². The van der Waals surface area contributed by atoms with Crippen molar-refractivity contribution in [3.63, 3.8) is 0 Å². The van der Waals surface area contributed by atoms with Crippen LogP contribution in [0.1, 0.15) is 43.0 Å². The molecule has 0 saturated carbocycles. The second-order valence-electron chi connectivity index (χ2n) is 4.05. The van der Waals surface area contributed by atoms with Crippen molar-refractivity contribution in [2.75, 3.05) is 6.54 Å². The Labute approximate surface area is 84.4 Å². The normalized spacial score (nSPS) is 24.9. The zero-order valence-corrected chi connectivity index (χ0v) is 8.66. The Morgan fingerprint density at radius 3 is 3.07 bits per heavy atom. The largest absolute Gasteiger partial charge is 0.283 e. The van der Waals surface area contributed by atoms with Crippen molar-refractivity contribution in [2.45, 2.75) is 38.6 Å². The zero-order chi connectivity index (χ0) is 9.97. The average Bonchev–Trinajstić information content (AvgIpc) is 2.46. The molecule has 2 heterocycles. The van der Waals surface area contributed by atoms with Crippen molar-refractivity contribution in [3.8, 4) is 0 Å². The summed E-state index contributed by atoms with van der Waals surface area (Å²) in [5.74, 6) is 6.03. The van der Waals surface area contributed by atoms with Gasteiger partial charge < -0.3 is 0 Å². The summed E-state index contributed by atoms with van der Waals surface area (Å²) in [7, 11) is 0. The molecule has 0 aromatic carbocycles. The maximum atomic E-state index is 6.03. The molecule has 3 N–H and O–H groups in total. The van der Waals surface area contributed by atoms with Gasteiger partial charge in [-0.1, -0.05) is 12.8 Å². The number of aryl methyl sites for hydroxylation is 1. The summed E-state index contributed by atoms with van der Waals surface area (Å²) in [6.07, 6.45) is 6.83. The number of nitrogens with two attached hydrogens (primary N) is 1. The van der Waals surface area contributed by atoms with Crippen LogP contribution in [0.4, 0.5) is 0 Å². The molecule has 14 heavy (non-hydrogen) atoms. The maximum Gasteiger partial charge on any atom is 0.0538 e. The third kappa shape index (κ3) is 1.81. The molecule has 4 heteroatoms. The van der Waals surface area contributed by atoms with E-state index in [1.807, 2.05) is 11.2 Å². The molecule has 1 atom stereocenters. The topological polar surface area (TPSA) is 57.9 Å². The minimum absolute atomic E-state index is 0.358. The van der Waals surface area contributed by atoms with Crippen LogP contribution < -0.4 is 5.84 Å². The van der Waals surface area contributed by atoms with Gasteiger partial charge in [-0.15, -0.1) is 0 Å². The van der Waals surface area contributed by atoms with E-state index in [1.165, 1.54) is 24.8 Å². The number of hydrazine groups is 1. The number of nitrogens with one attached hydrogen (secondary N) is 1. The molecule has 0 aliphatic carbocycles. The minimum Gasteiger partial charge on any atom is -0.283 e. The van der Waals surface area contributed by atoms with Gasteiger partial charge in [-0.2, -0.15) is 5.10 Å². The Balaban J connectivity index is 2.19. The van der Waals surface area contributed by atoms with Crippen molar-refractivity contribution < 1.29 is 0 Å². The van der Waals surface area contributed by atoms with Gasteiger partial charge >= 0.3 is 0 Å². The highest BCUT2D eigenvalue weighted by molar-refractivity contribution is 5.19. The summed E-state index contributed by atoms with van der Waals surface area (Å²) < 4.78 is 0. The fourth-order valence-electron chi connectivity index (χ4n) is 2.16. The van der Waals surface area contributed by atoms with Crippen molar-refractivity contribution in [1.29, 1.82) is 0 Å². The lowest BCUT2D eigenvalue weighted by Crippen LogP contribution is -2.35. The predicted molar refractivity (Wildman–Crippen MR) is 55.4 cm³/mol. The molecule has 1 aromatic heterocycles. The van der Waals surface area contributed by atoms with E-state index >= 15 is 0 Å². The molecule has 78 valence electrons. The van der Waals surface area contributed by atoms with Gasteiger partial charge in [-0.3, -0.25) is 10.9 Å². The number of aromatic nitrogens is 2. The first-order valence-corrected chi connectivity index (χ1v) is 5.30. The first-order chi connectivity index (χ1) is 6.79. The molecule has 1 fully saturated rings. The lowest BCUT2D eigenvalue weighted by molar-refractivity contribution is 0.206. The Morgan fingerprint density at radius 1 is 1.50 bits per heavy atom. The minimum atomic E-state index is 0.358. The molecule has 0 amide bonds. The van der Waals surface area contributed by atoms with E-state index in [0.29, 0.717) is 6.04 Å². The van der Waals surface area contributed by atoms with E-state index in [-0.39, 0.29) is 0 Å². The Kier molecular flexibility index (Phi) is 2.84. The van der Waals surface area contributed by atoms with E-state index in [0.717, 1.165) is 18.7 Å². The van der Waals surface area contributed by atoms with E-state index < -0.39 is 0 Å². The van der Waals surface area contributed by atoms with Gasteiger partial charge in [0.15, 0.2) is 0 Å². The molecule has 0 bridgehead atoms. The van der Waals surface area contributed by atoms with Crippen molar-refractivity contribution in [1.82, 2.24) is 15.2 Å². The van der Waals surface area contributed by atoms with E-state index in [1.54, 1.807) is 0 Å². The molecule has 4 nitrogen and oxygen atoms in total. The first kappa shape index (κ1) is 9.68. The highest BCUT2D eigenvalue weighted by atomic mass is 15.4. The van der Waals surface area contributed by atoms with Crippen molar-refractivity contribution in [2.24, 2.45) is 5.84 Å². The average molecular weight is 194 g/mol. The van der Waals surface area contributed by atoms with Crippen molar-refractivity contribution >= 4 is 0 Å². The summed E-state index contributed by atoms with van der Waals surface area (Å²) in [5.41, 5.74) is 2.40. The molecular weight excluding hydrogens is 176 g/mol.